The first-order chi connectivity index (χ1) is 6.34. The molecule has 0 unspecified atom stereocenters. The molecule has 0 aromatic heterocycles. The van der Waals surface area contributed by atoms with Crippen LogP contribution in [0, 0.1) is 6.92 Å². The summed E-state index contributed by atoms with van der Waals surface area (Å²) in [6.07, 6.45) is 0. The maximum atomic E-state index is 2.24. The molecule has 0 aliphatic heterocycles. The molecule has 0 spiro atoms. The second kappa shape index (κ2) is 2.23. The zero-order chi connectivity index (χ0) is 8.84. The van der Waals surface area contributed by atoms with Crippen molar-refractivity contribution in [3.05, 3.63) is 48.0 Å². The van der Waals surface area contributed by atoms with Crippen LogP contribution < -0.4 is 0 Å². The van der Waals surface area contributed by atoms with Gasteiger partial charge in [-0.1, -0.05) is 42.0 Å². The first-order valence-corrected chi connectivity index (χ1v) is 4.56. The third kappa shape index (κ3) is 0.988. The minimum absolute atomic E-state index is 1.33. The molecule has 3 rings (SSSR count). The van der Waals surface area contributed by atoms with Crippen molar-refractivity contribution in [2.75, 3.05) is 0 Å². The quantitative estimate of drug-likeness (QED) is 0.517. The number of hydrogen-bond acceptors (Lipinski definition) is 0. The van der Waals surface area contributed by atoms with Crippen molar-refractivity contribution >= 4 is 0 Å². The molecular weight excluding hydrogens is 156 g/mol. The van der Waals surface area contributed by atoms with Gasteiger partial charge in [0.15, 0.2) is 0 Å². The molecule has 0 N–H and O–H groups in total. The van der Waals surface area contributed by atoms with Gasteiger partial charge in [0.2, 0.25) is 0 Å². The number of fused-ring (bicyclic) bond motifs is 1. The van der Waals surface area contributed by atoms with E-state index in [0.717, 1.165) is 0 Å². The molecule has 1 aromatic carbocycles. The van der Waals surface area contributed by atoms with E-state index in [4.69, 9.17) is 0 Å². The molecule has 0 heterocycles. The van der Waals surface area contributed by atoms with Gasteiger partial charge in [0.1, 0.15) is 0 Å². The summed E-state index contributed by atoms with van der Waals surface area (Å²) >= 11 is 0. The Balaban J connectivity index is 2.15. The van der Waals surface area contributed by atoms with E-state index >= 15 is 0 Å². The van der Waals surface area contributed by atoms with Crippen LogP contribution in [0.1, 0.15) is 5.56 Å². The fraction of sp³-hybridized carbons (Fsp3) is 0.0769. The standard InChI is InChI=1S/C13H10/c1-9-3-2-4-10(7-9)12-6-5-11-8-13(11)12/h2-8H,1H3. The molecule has 0 amide bonds. The Morgan fingerprint density at radius 2 is 1.62 bits per heavy atom. The van der Waals surface area contributed by atoms with Gasteiger partial charge in [-0.15, -0.1) is 0 Å². The smallest absolute Gasteiger partial charge is 0.00990 e. The largest absolute Gasteiger partial charge is 0.0614 e. The maximum Gasteiger partial charge on any atom is -0.00990 e. The summed E-state index contributed by atoms with van der Waals surface area (Å²) in [5, 5.41) is 0. The lowest BCUT2D eigenvalue weighted by atomic mass is 10.1. The molecule has 0 bridgehead atoms. The van der Waals surface area contributed by atoms with Gasteiger partial charge in [-0.3, -0.25) is 0 Å². The lowest BCUT2D eigenvalue weighted by molar-refractivity contribution is 1.47. The molecule has 0 nitrogen and oxygen atoms in total. The summed E-state index contributed by atoms with van der Waals surface area (Å²) in [5.74, 6) is 0. The van der Waals surface area contributed by atoms with E-state index < -0.39 is 0 Å². The van der Waals surface area contributed by atoms with E-state index in [9.17, 15) is 0 Å². The van der Waals surface area contributed by atoms with Gasteiger partial charge in [0.25, 0.3) is 0 Å². The second-order valence-electron chi connectivity index (χ2n) is 3.63. The van der Waals surface area contributed by atoms with Gasteiger partial charge < -0.3 is 0 Å². The predicted octanol–water partition coefficient (Wildman–Crippen LogP) is 3.64. The van der Waals surface area contributed by atoms with Crippen LogP contribution in [0.2, 0.25) is 0 Å². The van der Waals surface area contributed by atoms with Crippen LogP contribution in [-0.2, 0) is 0 Å². The average Bonchev–Trinajstić information content (AvgIpc) is 2.78. The molecule has 2 aliphatic carbocycles. The van der Waals surface area contributed by atoms with E-state index in [2.05, 4.69) is 49.4 Å². The molecule has 2 aliphatic rings. The van der Waals surface area contributed by atoms with Crippen LogP contribution in [0.3, 0.4) is 0 Å². The van der Waals surface area contributed by atoms with Gasteiger partial charge in [-0.05, 0) is 35.2 Å². The molecule has 0 atom stereocenters. The highest BCUT2D eigenvalue weighted by Crippen LogP contribution is 2.43. The summed E-state index contributed by atoms with van der Waals surface area (Å²) in [6, 6.07) is 15.3. The Labute approximate surface area is 77.8 Å². The Bertz CT molecular complexity index is 481. The van der Waals surface area contributed by atoms with E-state index in [1.165, 1.54) is 27.8 Å². The first kappa shape index (κ1) is 6.90. The summed E-state index contributed by atoms with van der Waals surface area (Å²) < 4.78 is 0. The molecule has 1 aromatic rings. The van der Waals surface area contributed by atoms with Gasteiger partial charge in [-0.2, -0.15) is 0 Å². The monoisotopic (exact) mass is 166 g/mol. The fourth-order valence-electron chi connectivity index (χ4n) is 1.82. The summed E-state index contributed by atoms with van der Waals surface area (Å²) in [7, 11) is 0. The fourth-order valence-corrected chi connectivity index (χ4v) is 1.82. The van der Waals surface area contributed by atoms with E-state index in [-0.39, 0.29) is 0 Å². The highest BCUT2D eigenvalue weighted by molar-refractivity contribution is 5.96. The SMILES string of the molecule is Cc1cccc(-c2ccc3cc2-3)c1. The zero-order valence-corrected chi connectivity index (χ0v) is 7.54. The summed E-state index contributed by atoms with van der Waals surface area (Å²) in [5.41, 5.74) is 6.91. The highest BCUT2D eigenvalue weighted by atomic mass is 14.2. The predicted molar refractivity (Wildman–Crippen MR) is 55.6 cm³/mol. The number of aryl methyl sites for hydroxylation is 1. The Morgan fingerprint density at radius 3 is 2.23 bits per heavy atom. The summed E-state index contributed by atoms with van der Waals surface area (Å²) in [4.78, 5) is 0. The van der Waals surface area contributed by atoms with Gasteiger partial charge in [0, 0.05) is 0 Å². The minimum Gasteiger partial charge on any atom is -0.0614 e. The van der Waals surface area contributed by atoms with Gasteiger partial charge in [0.05, 0.1) is 0 Å². The summed E-state index contributed by atoms with van der Waals surface area (Å²) in [6.45, 7) is 2.13. The van der Waals surface area contributed by atoms with Crippen LogP contribution in [0.5, 0.6) is 0 Å². The van der Waals surface area contributed by atoms with Crippen LogP contribution in [0.15, 0.2) is 42.5 Å². The molecule has 0 fully saturated rings. The van der Waals surface area contributed by atoms with Crippen molar-refractivity contribution in [2.45, 2.75) is 6.92 Å². The molecule has 0 radical (unpaired) electrons. The van der Waals surface area contributed by atoms with Crippen molar-refractivity contribution in [3.8, 4) is 22.3 Å². The number of rotatable bonds is 1. The van der Waals surface area contributed by atoms with Crippen molar-refractivity contribution < 1.29 is 0 Å². The van der Waals surface area contributed by atoms with Gasteiger partial charge >= 0.3 is 0 Å². The van der Waals surface area contributed by atoms with E-state index in [1.54, 1.807) is 0 Å². The minimum atomic E-state index is 1.33. The van der Waals surface area contributed by atoms with Crippen molar-refractivity contribution in [1.29, 1.82) is 0 Å². The molecule has 13 heavy (non-hydrogen) atoms. The van der Waals surface area contributed by atoms with Crippen LogP contribution in [0.25, 0.3) is 22.3 Å². The Morgan fingerprint density at radius 1 is 0.769 bits per heavy atom. The highest BCUT2D eigenvalue weighted by Gasteiger charge is 2.17. The topological polar surface area (TPSA) is 0 Å². The lowest BCUT2D eigenvalue weighted by Crippen LogP contribution is -1.75. The van der Waals surface area contributed by atoms with Crippen molar-refractivity contribution in [3.63, 3.8) is 0 Å². The normalized spacial score (nSPS) is 11.5. The molecule has 0 saturated carbocycles. The maximum absolute atomic E-state index is 2.24. The van der Waals surface area contributed by atoms with Crippen LogP contribution in [-0.4, -0.2) is 0 Å². The zero-order valence-electron chi connectivity index (χ0n) is 7.54. The van der Waals surface area contributed by atoms with Crippen LogP contribution >= 0.6 is 0 Å². The number of hydrogen-bond donors (Lipinski definition) is 0. The number of benzene rings is 2. The van der Waals surface area contributed by atoms with Crippen molar-refractivity contribution in [1.82, 2.24) is 0 Å². The third-order valence-corrected chi connectivity index (χ3v) is 2.58. The molecule has 0 heteroatoms. The van der Waals surface area contributed by atoms with E-state index in [0.29, 0.717) is 0 Å². The average molecular weight is 166 g/mol. The van der Waals surface area contributed by atoms with E-state index in [1.807, 2.05) is 0 Å². The third-order valence-electron chi connectivity index (χ3n) is 2.58. The Hall–Kier alpha value is -1.56. The van der Waals surface area contributed by atoms with Gasteiger partial charge in [-0.25, -0.2) is 0 Å². The van der Waals surface area contributed by atoms with Crippen LogP contribution in [0.4, 0.5) is 0 Å². The second-order valence-corrected chi connectivity index (χ2v) is 3.63. The Kier molecular flexibility index (Phi) is 1.18. The van der Waals surface area contributed by atoms with Crippen molar-refractivity contribution in [2.24, 2.45) is 0 Å². The molecule has 62 valence electrons. The first-order valence-electron chi connectivity index (χ1n) is 4.56. The molecule has 0 saturated heterocycles. The lowest BCUT2D eigenvalue weighted by Gasteiger charge is -1.99. The molecular formula is C13H10.